The molecule has 0 amide bonds. The maximum absolute atomic E-state index is 10.0. The van der Waals surface area contributed by atoms with Crippen LogP contribution in [-0.4, -0.2) is 17.3 Å². The Hall–Kier alpha value is -0.800. The molecule has 1 unspecified atom stereocenters. The number of aliphatic hydroxyl groups is 1. The lowest BCUT2D eigenvalue weighted by Crippen LogP contribution is -2.39. The number of rotatable bonds is 5. The standard InChI is InChI=1S/C10H17NO2/c1-2-5-10(12,8-11)7-9-4-3-6-13-9/h3-4,6,12H,2,5,7-8,11H2,1H3. The van der Waals surface area contributed by atoms with E-state index in [1.165, 1.54) is 0 Å². The van der Waals surface area contributed by atoms with Gasteiger partial charge in [0.1, 0.15) is 5.76 Å². The lowest BCUT2D eigenvalue weighted by Gasteiger charge is -2.24. The first-order valence-electron chi connectivity index (χ1n) is 4.65. The minimum absolute atomic E-state index is 0.279. The third-order valence-corrected chi connectivity index (χ3v) is 2.18. The first-order valence-corrected chi connectivity index (χ1v) is 4.65. The Labute approximate surface area is 78.5 Å². The Balaban J connectivity index is 2.58. The average Bonchev–Trinajstić information content (AvgIpc) is 2.57. The van der Waals surface area contributed by atoms with E-state index in [-0.39, 0.29) is 6.54 Å². The van der Waals surface area contributed by atoms with Gasteiger partial charge in [-0.25, -0.2) is 0 Å². The van der Waals surface area contributed by atoms with E-state index in [2.05, 4.69) is 0 Å². The van der Waals surface area contributed by atoms with E-state index in [0.717, 1.165) is 12.2 Å². The van der Waals surface area contributed by atoms with E-state index >= 15 is 0 Å². The van der Waals surface area contributed by atoms with Crippen molar-refractivity contribution in [2.24, 2.45) is 5.73 Å². The number of furan rings is 1. The van der Waals surface area contributed by atoms with Gasteiger partial charge in [-0.1, -0.05) is 13.3 Å². The maximum Gasteiger partial charge on any atom is 0.106 e. The molecule has 0 saturated heterocycles. The highest BCUT2D eigenvalue weighted by Gasteiger charge is 2.25. The molecule has 0 aliphatic carbocycles. The zero-order chi connectivity index (χ0) is 9.73. The van der Waals surface area contributed by atoms with E-state index in [1.54, 1.807) is 6.26 Å². The van der Waals surface area contributed by atoms with Crippen molar-refractivity contribution in [2.75, 3.05) is 6.54 Å². The lowest BCUT2D eigenvalue weighted by atomic mass is 9.93. The maximum atomic E-state index is 10.0. The summed E-state index contributed by atoms with van der Waals surface area (Å²) < 4.78 is 5.16. The Morgan fingerprint density at radius 2 is 2.38 bits per heavy atom. The van der Waals surface area contributed by atoms with Gasteiger partial charge in [0.15, 0.2) is 0 Å². The van der Waals surface area contributed by atoms with E-state index in [4.69, 9.17) is 10.2 Å². The molecule has 0 fully saturated rings. The summed E-state index contributed by atoms with van der Waals surface area (Å²) in [6.07, 6.45) is 3.75. The first kappa shape index (κ1) is 10.3. The van der Waals surface area contributed by atoms with Gasteiger partial charge in [-0.3, -0.25) is 0 Å². The van der Waals surface area contributed by atoms with Crippen molar-refractivity contribution < 1.29 is 9.52 Å². The molecule has 1 rings (SSSR count). The van der Waals surface area contributed by atoms with Crippen LogP contribution in [0.2, 0.25) is 0 Å². The first-order chi connectivity index (χ1) is 6.20. The fourth-order valence-electron chi connectivity index (χ4n) is 1.47. The zero-order valence-corrected chi connectivity index (χ0v) is 7.99. The fourth-order valence-corrected chi connectivity index (χ4v) is 1.47. The quantitative estimate of drug-likeness (QED) is 0.723. The van der Waals surface area contributed by atoms with Crippen LogP contribution in [-0.2, 0) is 6.42 Å². The second-order valence-corrected chi connectivity index (χ2v) is 3.43. The summed E-state index contributed by atoms with van der Waals surface area (Å²) in [7, 11) is 0. The molecule has 1 aromatic heterocycles. The molecule has 0 aliphatic heterocycles. The summed E-state index contributed by atoms with van der Waals surface area (Å²) in [6.45, 7) is 2.31. The lowest BCUT2D eigenvalue weighted by molar-refractivity contribution is 0.0350. The van der Waals surface area contributed by atoms with Crippen LogP contribution in [0.1, 0.15) is 25.5 Å². The van der Waals surface area contributed by atoms with Crippen LogP contribution in [0.3, 0.4) is 0 Å². The average molecular weight is 183 g/mol. The van der Waals surface area contributed by atoms with E-state index in [9.17, 15) is 5.11 Å². The van der Waals surface area contributed by atoms with Crippen molar-refractivity contribution in [1.29, 1.82) is 0 Å². The normalized spacial score (nSPS) is 15.6. The Kier molecular flexibility index (Phi) is 3.51. The minimum atomic E-state index is -0.799. The van der Waals surface area contributed by atoms with Crippen LogP contribution >= 0.6 is 0 Å². The zero-order valence-electron chi connectivity index (χ0n) is 7.99. The molecule has 0 aromatic carbocycles. The Bertz CT molecular complexity index is 233. The Morgan fingerprint density at radius 1 is 1.62 bits per heavy atom. The third-order valence-electron chi connectivity index (χ3n) is 2.18. The molecule has 1 heterocycles. The summed E-state index contributed by atoms with van der Waals surface area (Å²) in [5, 5.41) is 10.0. The third kappa shape index (κ3) is 2.86. The van der Waals surface area contributed by atoms with Crippen molar-refractivity contribution in [3.05, 3.63) is 24.2 Å². The van der Waals surface area contributed by atoms with Gasteiger partial charge in [0, 0.05) is 13.0 Å². The molecule has 0 radical (unpaired) electrons. The van der Waals surface area contributed by atoms with Crippen LogP contribution in [0.5, 0.6) is 0 Å². The molecule has 0 bridgehead atoms. The predicted octanol–water partition coefficient (Wildman–Crippen LogP) is 1.31. The van der Waals surface area contributed by atoms with Crippen molar-refractivity contribution >= 4 is 0 Å². The molecule has 0 spiro atoms. The van der Waals surface area contributed by atoms with Gasteiger partial charge in [0.2, 0.25) is 0 Å². The number of hydrogen-bond acceptors (Lipinski definition) is 3. The number of hydrogen-bond donors (Lipinski definition) is 2. The summed E-state index contributed by atoms with van der Waals surface area (Å²) in [5.41, 5.74) is 4.72. The molecule has 1 aromatic rings. The highest BCUT2D eigenvalue weighted by Crippen LogP contribution is 2.18. The highest BCUT2D eigenvalue weighted by molar-refractivity contribution is 5.03. The van der Waals surface area contributed by atoms with Gasteiger partial charge in [-0.15, -0.1) is 0 Å². The molecule has 3 heteroatoms. The molecule has 74 valence electrons. The van der Waals surface area contributed by atoms with Crippen LogP contribution in [0, 0.1) is 0 Å². The second-order valence-electron chi connectivity index (χ2n) is 3.43. The van der Waals surface area contributed by atoms with E-state index < -0.39 is 5.60 Å². The van der Waals surface area contributed by atoms with Crippen molar-refractivity contribution in [3.63, 3.8) is 0 Å². The summed E-state index contributed by atoms with van der Waals surface area (Å²) >= 11 is 0. The van der Waals surface area contributed by atoms with Crippen LogP contribution in [0.25, 0.3) is 0 Å². The van der Waals surface area contributed by atoms with Gasteiger partial charge < -0.3 is 15.3 Å². The highest BCUT2D eigenvalue weighted by atomic mass is 16.3. The van der Waals surface area contributed by atoms with Gasteiger partial charge in [0.25, 0.3) is 0 Å². The number of nitrogens with two attached hydrogens (primary N) is 1. The van der Waals surface area contributed by atoms with Crippen LogP contribution in [0.15, 0.2) is 22.8 Å². The molecule has 0 aliphatic rings. The predicted molar refractivity (Wildman–Crippen MR) is 51.3 cm³/mol. The molecule has 1 atom stereocenters. The summed E-state index contributed by atoms with van der Waals surface area (Å²) in [6, 6.07) is 3.68. The summed E-state index contributed by atoms with van der Waals surface area (Å²) in [5.74, 6) is 0.793. The fraction of sp³-hybridized carbons (Fsp3) is 0.600. The van der Waals surface area contributed by atoms with Crippen molar-refractivity contribution in [2.45, 2.75) is 31.8 Å². The van der Waals surface area contributed by atoms with Gasteiger partial charge in [0.05, 0.1) is 11.9 Å². The monoisotopic (exact) mass is 183 g/mol. The van der Waals surface area contributed by atoms with E-state index in [0.29, 0.717) is 12.8 Å². The van der Waals surface area contributed by atoms with Crippen molar-refractivity contribution in [3.8, 4) is 0 Å². The SMILES string of the molecule is CCCC(O)(CN)Cc1ccco1. The molecular formula is C10H17NO2. The smallest absolute Gasteiger partial charge is 0.106 e. The molecule has 3 nitrogen and oxygen atoms in total. The van der Waals surface area contributed by atoms with Gasteiger partial charge in [-0.05, 0) is 18.6 Å². The largest absolute Gasteiger partial charge is 0.469 e. The molecule has 13 heavy (non-hydrogen) atoms. The second kappa shape index (κ2) is 4.44. The van der Waals surface area contributed by atoms with Crippen LogP contribution in [0.4, 0.5) is 0 Å². The Morgan fingerprint density at radius 3 is 2.85 bits per heavy atom. The van der Waals surface area contributed by atoms with Crippen LogP contribution < -0.4 is 5.73 Å². The topological polar surface area (TPSA) is 59.4 Å². The molecular weight excluding hydrogens is 166 g/mol. The van der Waals surface area contributed by atoms with Gasteiger partial charge >= 0.3 is 0 Å². The van der Waals surface area contributed by atoms with Crippen molar-refractivity contribution in [1.82, 2.24) is 0 Å². The molecule has 3 N–H and O–H groups in total. The summed E-state index contributed by atoms with van der Waals surface area (Å²) in [4.78, 5) is 0. The minimum Gasteiger partial charge on any atom is -0.469 e. The van der Waals surface area contributed by atoms with E-state index in [1.807, 2.05) is 19.1 Å². The molecule has 0 saturated carbocycles. The van der Waals surface area contributed by atoms with Gasteiger partial charge in [-0.2, -0.15) is 0 Å².